The summed E-state index contributed by atoms with van der Waals surface area (Å²) < 4.78 is 0. The van der Waals surface area contributed by atoms with Gasteiger partial charge in [-0.3, -0.25) is 5.41 Å². The summed E-state index contributed by atoms with van der Waals surface area (Å²) in [5.74, 6) is 1.21. The summed E-state index contributed by atoms with van der Waals surface area (Å²) in [5.41, 5.74) is 6.92. The summed E-state index contributed by atoms with van der Waals surface area (Å²) >= 11 is 0. The van der Waals surface area contributed by atoms with Gasteiger partial charge in [0.1, 0.15) is 11.5 Å². The Morgan fingerprint density at radius 2 is 1.90 bits per heavy atom. The van der Waals surface area contributed by atoms with Crippen LogP contribution >= 0.6 is 0 Å². The van der Waals surface area contributed by atoms with Gasteiger partial charge in [0.05, 0.1) is 0 Å². The fourth-order valence-electron chi connectivity index (χ4n) is 2.34. The molecule has 0 spiro atoms. The zero-order chi connectivity index (χ0) is 15.3. The fourth-order valence-corrected chi connectivity index (χ4v) is 2.34. The molecule has 0 saturated carbocycles. The predicted octanol–water partition coefficient (Wildman–Crippen LogP) is 2.72. The molecular weight excluding hydrogens is 250 g/mol. The number of nitrogens with zero attached hydrogens (tertiary/aromatic N) is 3. The molecular formula is C15H27N5. The van der Waals surface area contributed by atoms with Crippen LogP contribution in [0, 0.1) is 18.3 Å². The standard InChI is InChI=1S/C15H27N5/c1-6-12(7-2)20(9-10(3)4)15-18-11(5)8-13(19-15)14(16)17/h8,10,12H,6-7,9H2,1-5H3,(H3,16,17). The van der Waals surface area contributed by atoms with E-state index < -0.39 is 0 Å². The highest BCUT2D eigenvalue weighted by Crippen LogP contribution is 2.19. The van der Waals surface area contributed by atoms with Crippen molar-refractivity contribution in [3.63, 3.8) is 0 Å². The van der Waals surface area contributed by atoms with Gasteiger partial charge in [-0.25, -0.2) is 9.97 Å². The zero-order valence-corrected chi connectivity index (χ0v) is 13.3. The van der Waals surface area contributed by atoms with Gasteiger partial charge in [-0.2, -0.15) is 0 Å². The topological polar surface area (TPSA) is 78.9 Å². The SMILES string of the molecule is CCC(CC)N(CC(C)C)c1nc(C)cc(C(=N)N)n1. The maximum Gasteiger partial charge on any atom is 0.226 e. The molecule has 20 heavy (non-hydrogen) atoms. The molecule has 0 radical (unpaired) electrons. The number of nitrogens with two attached hydrogens (primary N) is 1. The van der Waals surface area contributed by atoms with E-state index in [1.807, 2.05) is 6.92 Å². The van der Waals surface area contributed by atoms with Gasteiger partial charge in [-0.05, 0) is 31.7 Å². The molecule has 3 N–H and O–H groups in total. The molecule has 112 valence electrons. The Bertz CT molecular complexity index is 452. The summed E-state index contributed by atoms with van der Waals surface area (Å²) in [7, 11) is 0. The third-order valence-corrected chi connectivity index (χ3v) is 3.32. The van der Waals surface area contributed by atoms with Gasteiger partial charge in [0.15, 0.2) is 0 Å². The highest BCUT2D eigenvalue weighted by molar-refractivity contribution is 5.93. The molecule has 0 aliphatic heterocycles. The number of rotatable bonds is 7. The van der Waals surface area contributed by atoms with E-state index in [0.717, 1.165) is 25.1 Å². The average Bonchev–Trinajstić information content (AvgIpc) is 2.37. The Morgan fingerprint density at radius 1 is 1.30 bits per heavy atom. The Morgan fingerprint density at radius 3 is 2.35 bits per heavy atom. The van der Waals surface area contributed by atoms with Crippen molar-refractivity contribution in [2.24, 2.45) is 11.7 Å². The Labute approximate surface area is 122 Å². The van der Waals surface area contributed by atoms with E-state index in [-0.39, 0.29) is 5.84 Å². The highest BCUT2D eigenvalue weighted by atomic mass is 15.3. The van der Waals surface area contributed by atoms with Gasteiger partial charge in [-0.1, -0.05) is 27.7 Å². The van der Waals surface area contributed by atoms with Gasteiger partial charge < -0.3 is 10.6 Å². The molecule has 0 aromatic carbocycles. The highest BCUT2D eigenvalue weighted by Gasteiger charge is 2.20. The van der Waals surface area contributed by atoms with Crippen LogP contribution in [0.5, 0.6) is 0 Å². The van der Waals surface area contributed by atoms with Crippen LogP contribution in [-0.4, -0.2) is 28.4 Å². The summed E-state index contributed by atoms with van der Waals surface area (Å²) in [6.07, 6.45) is 2.10. The number of hydrogen-bond acceptors (Lipinski definition) is 4. The zero-order valence-electron chi connectivity index (χ0n) is 13.3. The largest absolute Gasteiger partial charge is 0.382 e. The molecule has 0 fully saturated rings. The smallest absolute Gasteiger partial charge is 0.226 e. The van der Waals surface area contributed by atoms with Crippen LogP contribution in [0.1, 0.15) is 51.9 Å². The lowest BCUT2D eigenvalue weighted by atomic mass is 10.1. The third kappa shape index (κ3) is 4.18. The van der Waals surface area contributed by atoms with Crippen molar-refractivity contribution in [2.75, 3.05) is 11.4 Å². The first-order valence-corrected chi connectivity index (χ1v) is 7.35. The number of aromatic nitrogens is 2. The van der Waals surface area contributed by atoms with Crippen LogP contribution in [0.4, 0.5) is 5.95 Å². The van der Waals surface area contributed by atoms with Gasteiger partial charge in [0.2, 0.25) is 5.95 Å². The van der Waals surface area contributed by atoms with Crippen molar-refractivity contribution < 1.29 is 0 Å². The van der Waals surface area contributed by atoms with Gasteiger partial charge in [0, 0.05) is 18.3 Å². The summed E-state index contributed by atoms with van der Waals surface area (Å²) in [6, 6.07) is 2.17. The fraction of sp³-hybridized carbons (Fsp3) is 0.667. The molecule has 0 aliphatic carbocycles. The minimum Gasteiger partial charge on any atom is -0.382 e. The summed E-state index contributed by atoms with van der Waals surface area (Å²) in [6.45, 7) is 11.6. The van der Waals surface area contributed by atoms with Crippen molar-refractivity contribution in [3.8, 4) is 0 Å². The number of anilines is 1. The molecule has 0 unspecified atom stereocenters. The number of hydrogen-bond donors (Lipinski definition) is 2. The normalized spacial score (nSPS) is 11.2. The molecule has 0 amide bonds. The maximum absolute atomic E-state index is 7.58. The molecule has 1 aromatic rings. The summed E-state index contributed by atoms with van der Waals surface area (Å²) in [5, 5.41) is 7.58. The maximum atomic E-state index is 7.58. The third-order valence-electron chi connectivity index (χ3n) is 3.32. The average molecular weight is 277 g/mol. The van der Waals surface area contributed by atoms with Crippen molar-refractivity contribution in [2.45, 2.75) is 53.5 Å². The van der Waals surface area contributed by atoms with E-state index >= 15 is 0 Å². The quantitative estimate of drug-likeness (QED) is 0.593. The van der Waals surface area contributed by atoms with Crippen molar-refractivity contribution >= 4 is 11.8 Å². The molecule has 0 bridgehead atoms. The Kier molecular flexibility index (Phi) is 5.92. The van der Waals surface area contributed by atoms with E-state index in [0.29, 0.717) is 23.6 Å². The second-order valence-corrected chi connectivity index (χ2v) is 5.62. The Hall–Kier alpha value is -1.65. The molecule has 0 atom stereocenters. The van der Waals surface area contributed by atoms with E-state index in [9.17, 15) is 0 Å². The van der Waals surface area contributed by atoms with Crippen molar-refractivity contribution in [1.82, 2.24) is 9.97 Å². The monoisotopic (exact) mass is 277 g/mol. The van der Waals surface area contributed by atoms with E-state index in [1.54, 1.807) is 6.07 Å². The molecule has 1 aromatic heterocycles. The van der Waals surface area contributed by atoms with Crippen LogP contribution in [0.25, 0.3) is 0 Å². The van der Waals surface area contributed by atoms with Crippen LogP contribution in [0.3, 0.4) is 0 Å². The molecule has 0 saturated heterocycles. The van der Waals surface area contributed by atoms with Crippen LogP contribution in [0.2, 0.25) is 0 Å². The van der Waals surface area contributed by atoms with E-state index in [4.69, 9.17) is 11.1 Å². The van der Waals surface area contributed by atoms with Gasteiger partial charge >= 0.3 is 0 Å². The first-order valence-electron chi connectivity index (χ1n) is 7.35. The van der Waals surface area contributed by atoms with Crippen LogP contribution < -0.4 is 10.6 Å². The second kappa shape index (κ2) is 7.22. The van der Waals surface area contributed by atoms with Gasteiger partial charge in [-0.15, -0.1) is 0 Å². The lowest BCUT2D eigenvalue weighted by Crippen LogP contribution is -2.39. The first kappa shape index (κ1) is 16.4. The van der Waals surface area contributed by atoms with Crippen molar-refractivity contribution in [3.05, 3.63) is 17.5 Å². The number of nitrogen functional groups attached to an aromatic ring is 1. The molecule has 1 rings (SSSR count). The minimum atomic E-state index is -0.00852. The lowest BCUT2D eigenvalue weighted by molar-refractivity contribution is 0.498. The number of amidine groups is 1. The molecule has 5 nitrogen and oxygen atoms in total. The van der Waals surface area contributed by atoms with E-state index in [1.165, 1.54) is 0 Å². The van der Waals surface area contributed by atoms with Crippen LogP contribution in [0.15, 0.2) is 6.07 Å². The molecule has 5 heteroatoms. The predicted molar refractivity (Wildman–Crippen MR) is 84.3 cm³/mol. The number of aryl methyl sites for hydroxylation is 1. The molecule has 1 heterocycles. The summed E-state index contributed by atoms with van der Waals surface area (Å²) in [4.78, 5) is 11.3. The van der Waals surface area contributed by atoms with E-state index in [2.05, 4.69) is 42.6 Å². The lowest BCUT2D eigenvalue weighted by Gasteiger charge is -2.32. The number of nitrogens with one attached hydrogen (secondary N) is 1. The van der Waals surface area contributed by atoms with Crippen molar-refractivity contribution in [1.29, 1.82) is 5.41 Å². The van der Waals surface area contributed by atoms with Gasteiger partial charge in [0.25, 0.3) is 0 Å². The molecule has 0 aliphatic rings. The Balaban J connectivity index is 3.21. The minimum absolute atomic E-state index is 0.00852. The van der Waals surface area contributed by atoms with Crippen LogP contribution in [-0.2, 0) is 0 Å². The first-order chi connectivity index (χ1) is 9.38. The second-order valence-electron chi connectivity index (χ2n) is 5.62.